The molecule has 0 amide bonds. The second kappa shape index (κ2) is 5.80. The van der Waals surface area contributed by atoms with Crippen molar-refractivity contribution in [2.24, 2.45) is 7.05 Å². The van der Waals surface area contributed by atoms with Crippen molar-refractivity contribution < 1.29 is 4.74 Å². The van der Waals surface area contributed by atoms with Crippen molar-refractivity contribution in [1.82, 2.24) is 14.5 Å². The Balaban J connectivity index is 1.38. The molecule has 5 heteroatoms. The monoisotopic (exact) mass is 317 g/mol. The van der Waals surface area contributed by atoms with Crippen LogP contribution in [0.3, 0.4) is 0 Å². The topological polar surface area (TPSA) is 30.3 Å². The third kappa shape index (κ3) is 2.51. The Morgan fingerprint density at radius 2 is 2.23 bits per heavy atom. The minimum atomic E-state index is 0.00725. The zero-order valence-electron chi connectivity index (χ0n) is 13.1. The Kier molecular flexibility index (Phi) is 3.80. The SMILES string of the molecule is Cn1ccnc1CCN1CCC2(CC1)OCCc1sccc12. The number of nitrogens with zero attached hydrogens (tertiary/aromatic N) is 3. The normalized spacial score (nSPS) is 21.1. The molecule has 2 aliphatic heterocycles. The van der Waals surface area contributed by atoms with Gasteiger partial charge in [0.25, 0.3) is 0 Å². The lowest BCUT2D eigenvalue weighted by atomic mass is 9.82. The summed E-state index contributed by atoms with van der Waals surface area (Å²) in [5, 5.41) is 2.23. The Morgan fingerprint density at radius 3 is 3.00 bits per heavy atom. The van der Waals surface area contributed by atoms with Crippen LogP contribution in [0.4, 0.5) is 0 Å². The van der Waals surface area contributed by atoms with Gasteiger partial charge in [0, 0.05) is 56.8 Å². The molecular weight excluding hydrogens is 294 g/mol. The largest absolute Gasteiger partial charge is 0.370 e. The summed E-state index contributed by atoms with van der Waals surface area (Å²) in [6.07, 6.45) is 8.27. The number of imidazole rings is 1. The minimum Gasteiger partial charge on any atom is -0.370 e. The van der Waals surface area contributed by atoms with Crippen molar-refractivity contribution in [2.75, 3.05) is 26.2 Å². The molecule has 22 heavy (non-hydrogen) atoms. The van der Waals surface area contributed by atoms with Crippen LogP contribution in [0.1, 0.15) is 29.1 Å². The van der Waals surface area contributed by atoms with Crippen LogP contribution in [-0.2, 0) is 30.2 Å². The summed E-state index contributed by atoms with van der Waals surface area (Å²) in [7, 11) is 2.07. The highest BCUT2D eigenvalue weighted by molar-refractivity contribution is 7.10. The van der Waals surface area contributed by atoms with Gasteiger partial charge in [0.1, 0.15) is 5.82 Å². The van der Waals surface area contributed by atoms with E-state index < -0.39 is 0 Å². The van der Waals surface area contributed by atoms with Crippen LogP contribution in [-0.4, -0.2) is 40.7 Å². The lowest BCUT2D eigenvalue weighted by molar-refractivity contribution is -0.0969. The average Bonchev–Trinajstić information content (AvgIpc) is 3.17. The van der Waals surface area contributed by atoms with Crippen molar-refractivity contribution in [3.8, 4) is 0 Å². The smallest absolute Gasteiger partial charge is 0.109 e. The van der Waals surface area contributed by atoms with Crippen LogP contribution in [0, 0.1) is 0 Å². The van der Waals surface area contributed by atoms with Crippen LogP contribution in [0.15, 0.2) is 23.8 Å². The number of piperidine rings is 1. The molecule has 4 rings (SSSR count). The van der Waals surface area contributed by atoms with Crippen LogP contribution in [0.5, 0.6) is 0 Å². The highest BCUT2D eigenvalue weighted by atomic mass is 32.1. The molecule has 118 valence electrons. The van der Waals surface area contributed by atoms with Crippen LogP contribution >= 0.6 is 11.3 Å². The van der Waals surface area contributed by atoms with Gasteiger partial charge in [-0.2, -0.15) is 0 Å². The zero-order valence-corrected chi connectivity index (χ0v) is 13.9. The molecule has 2 aromatic rings. The van der Waals surface area contributed by atoms with Gasteiger partial charge in [-0.1, -0.05) is 0 Å². The van der Waals surface area contributed by atoms with Crippen molar-refractivity contribution in [3.05, 3.63) is 40.1 Å². The Labute approximate surface area is 135 Å². The third-order valence-corrected chi connectivity index (χ3v) is 6.16. The summed E-state index contributed by atoms with van der Waals surface area (Å²) in [4.78, 5) is 8.53. The highest BCUT2D eigenvalue weighted by Gasteiger charge is 2.41. The van der Waals surface area contributed by atoms with E-state index in [1.54, 1.807) is 4.88 Å². The second-order valence-corrected chi connectivity index (χ2v) is 7.40. The summed E-state index contributed by atoms with van der Waals surface area (Å²) in [5.74, 6) is 1.18. The molecule has 2 aliphatic rings. The molecule has 2 aromatic heterocycles. The molecule has 0 unspecified atom stereocenters. The van der Waals surface area contributed by atoms with Gasteiger partial charge in [-0.15, -0.1) is 11.3 Å². The fourth-order valence-corrected chi connectivity index (χ4v) is 4.75. The Morgan fingerprint density at radius 1 is 1.36 bits per heavy atom. The molecule has 0 N–H and O–H groups in total. The first-order valence-electron chi connectivity index (χ1n) is 8.16. The second-order valence-electron chi connectivity index (χ2n) is 6.40. The number of fused-ring (bicyclic) bond motifs is 2. The maximum Gasteiger partial charge on any atom is 0.109 e. The van der Waals surface area contributed by atoms with Gasteiger partial charge in [-0.3, -0.25) is 0 Å². The van der Waals surface area contributed by atoms with Gasteiger partial charge in [-0.25, -0.2) is 4.98 Å². The first-order valence-corrected chi connectivity index (χ1v) is 9.04. The number of hydrogen-bond acceptors (Lipinski definition) is 4. The molecular formula is C17H23N3OS. The first kappa shape index (κ1) is 14.4. The Bertz CT molecular complexity index is 640. The van der Waals surface area contributed by atoms with Gasteiger partial charge in [-0.05, 0) is 29.9 Å². The van der Waals surface area contributed by atoms with E-state index in [0.717, 1.165) is 51.9 Å². The molecule has 4 heterocycles. The van der Waals surface area contributed by atoms with E-state index in [2.05, 4.69) is 32.9 Å². The maximum absolute atomic E-state index is 6.27. The van der Waals surface area contributed by atoms with Gasteiger partial charge in [0.2, 0.25) is 0 Å². The summed E-state index contributed by atoms with van der Waals surface area (Å²) < 4.78 is 8.39. The van der Waals surface area contributed by atoms with Crippen molar-refractivity contribution in [2.45, 2.75) is 31.3 Å². The molecule has 1 fully saturated rings. The highest BCUT2D eigenvalue weighted by Crippen LogP contribution is 2.43. The molecule has 1 spiro atoms. The van der Waals surface area contributed by atoms with Crippen molar-refractivity contribution in [3.63, 3.8) is 0 Å². The van der Waals surface area contributed by atoms with Gasteiger partial charge >= 0.3 is 0 Å². The molecule has 0 atom stereocenters. The third-order valence-electron chi connectivity index (χ3n) is 5.18. The molecule has 0 aliphatic carbocycles. The number of aryl methyl sites for hydroxylation is 1. The molecule has 1 saturated heterocycles. The van der Waals surface area contributed by atoms with Gasteiger partial charge in [0.05, 0.1) is 12.2 Å². The molecule has 4 nitrogen and oxygen atoms in total. The zero-order chi connectivity index (χ0) is 15.0. The fourth-order valence-electron chi connectivity index (χ4n) is 3.80. The molecule has 0 saturated carbocycles. The standard InChI is InChI=1S/C17H23N3OS/c1-19-11-7-18-16(19)2-8-20-9-5-17(6-10-20)14-4-13-22-15(14)3-12-21-17/h4,7,11,13H,2-3,5-6,8-10,12H2,1H3. The van der Waals surface area contributed by atoms with E-state index in [1.807, 2.05) is 23.7 Å². The van der Waals surface area contributed by atoms with Crippen molar-refractivity contribution >= 4 is 11.3 Å². The molecule has 0 radical (unpaired) electrons. The minimum absolute atomic E-state index is 0.00725. The van der Waals surface area contributed by atoms with E-state index in [4.69, 9.17) is 4.74 Å². The first-order chi connectivity index (χ1) is 10.8. The van der Waals surface area contributed by atoms with Gasteiger partial charge in [0.15, 0.2) is 0 Å². The lowest BCUT2D eigenvalue weighted by Gasteiger charge is -2.44. The quantitative estimate of drug-likeness (QED) is 0.872. The number of ether oxygens (including phenoxy) is 1. The van der Waals surface area contributed by atoms with Crippen LogP contribution in [0.25, 0.3) is 0 Å². The van der Waals surface area contributed by atoms with E-state index in [1.165, 1.54) is 11.4 Å². The summed E-state index contributed by atoms with van der Waals surface area (Å²) >= 11 is 1.90. The van der Waals surface area contributed by atoms with Crippen LogP contribution < -0.4 is 0 Å². The predicted molar refractivity (Wildman–Crippen MR) is 88.2 cm³/mol. The number of hydrogen-bond donors (Lipinski definition) is 0. The summed E-state index contributed by atoms with van der Waals surface area (Å²) in [6, 6.07) is 2.29. The number of likely N-dealkylation sites (tertiary alicyclic amines) is 1. The Hall–Kier alpha value is -1.17. The molecule has 0 aromatic carbocycles. The number of aromatic nitrogens is 2. The summed E-state index contributed by atoms with van der Waals surface area (Å²) in [5.41, 5.74) is 1.49. The number of rotatable bonds is 3. The van der Waals surface area contributed by atoms with Gasteiger partial charge < -0.3 is 14.2 Å². The summed E-state index contributed by atoms with van der Waals surface area (Å²) in [6.45, 7) is 4.23. The lowest BCUT2D eigenvalue weighted by Crippen LogP contribution is -2.46. The fraction of sp³-hybridized carbons (Fsp3) is 0.588. The number of thiophene rings is 1. The van der Waals surface area contributed by atoms with E-state index in [-0.39, 0.29) is 5.60 Å². The van der Waals surface area contributed by atoms with E-state index in [9.17, 15) is 0 Å². The molecule has 0 bridgehead atoms. The van der Waals surface area contributed by atoms with E-state index >= 15 is 0 Å². The maximum atomic E-state index is 6.27. The van der Waals surface area contributed by atoms with E-state index in [0.29, 0.717) is 0 Å². The predicted octanol–water partition coefficient (Wildman–Crippen LogP) is 2.59. The van der Waals surface area contributed by atoms with Crippen LogP contribution in [0.2, 0.25) is 0 Å². The van der Waals surface area contributed by atoms with Crippen molar-refractivity contribution in [1.29, 1.82) is 0 Å². The average molecular weight is 317 g/mol.